The topological polar surface area (TPSA) is 57.7 Å². The van der Waals surface area contributed by atoms with Crippen LogP contribution in [-0.2, 0) is 14.8 Å². The number of benzene rings is 2. The molecule has 27 heavy (non-hydrogen) atoms. The maximum Gasteiger partial charge on any atom is 0.264 e. The van der Waals surface area contributed by atoms with Gasteiger partial charge in [0.05, 0.1) is 10.6 Å². The van der Waals surface area contributed by atoms with Crippen LogP contribution >= 0.6 is 15.9 Å². The second kappa shape index (κ2) is 8.44. The Hall–Kier alpha value is -1.86. The molecule has 1 fully saturated rings. The molecule has 144 valence electrons. The van der Waals surface area contributed by atoms with Crippen LogP contribution in [0.25, 0.3) is 0 Å². The molecule has 7 heteroatoms. The van der Waals surface area contributed by atoms with Crippen LogP contribution < -0.4 is 4.31 Å². The fourth-order valence-corrected chi connectivity index (χ4v) is 5.21. The van der Waals surface area contributed by atoms with Crippen molar-refractivity contribution in [3.8, 4) is 0 Å². The molecule has 1 saturated carbocycles. The molecule has 2 aromatic rings. The summed E-state index contributed by atoms with van der Waals surface area (Å²) in [4.78, 5) is 14.8. The minimum atomic E-state index is -3.86. The van der Waals surface area contributed by atoms with Crippen molar-refractivity contribution in [1.29, 1.82) is 0 Å². The van der Waals surface area contributed by atoms with Gasteiger partial charge in [0.25, 0.3) is 10.0 Å². The molecule has 1 amide bonds. The molecule has 3 rings (SSSR count). The predicted molar refractivity (Wildman–Crippen MR) is 110 cm³/mol. The van der Waals surface area contributed by atoms with E-state index >= 15 is 0 Å². The molecule has 0 unspecified atom stereocenters. The molecular formula is C20H23BrN2O3S. The van der Waals surface area contributed by atoms with Crippen molar-refractivity contribution < 1.29 is 13.2 Å². The monoisotopic (exact) mass is 450 g/mol. The third-order valence-corrected chi connectivity index (χ3v) is 7.25. The number of anilines is 1. The SMILES string of the molecule is CN(C(=O)CN(c1cccc(Br)c1)S(=O)(=O)c1ccccc1)C1CCCC1. The molecule has 0 radical (unpaired) electrons. The number of rotatable bonds is 6. The average molecular weight is 451 g/mol. The Labute approximate surface area is 169 Å². The Morgan fingerprint density at radius 1 is 1.07 bits per heavy atom. The van der Waals surface area contributed by atoms with E-state index in [1.54, 1.807) is 60.5 Å². The number of nitrogens with zero attached hydrogens (tertiary/aromatic N) is 2. The first-order valence-corrected chi connectivity index (χ1v) is 11.2. The Balaban J connectivity index is 1.94. The van der Waals surface area contributed by atoms with Crippen molar-refractivity contribution in [3.05, 3.63) is 59.1 Å². The van der Waals surface area contributed by atoms with Crippen LogP contribution in [0.2, 0.25) is 0 Å². The molecule has 5 nitrogen and oxygen atoms in total. The Morgan fingerprint density at radius 3 is 2.37 bits per heavy atom. The molecule has 0 heterocycles. The van der Waals surface area contributed by atoms with Crippen molar-refractivity contribution >= 4 is 37.5 Å². The summed E-state index contributed by atoms with van der Waals surface area (Å²) < 4.78 is 28.5. The molecular weight excluding hydrogens is 428 g/mol. The van der Waals surface area contributed by atoms with E-state index in [1.807, 2.05) is 6.07 Å². The normalized spacial score (nSPS) is 14.9. The van der Waals surface area contributed by atoms with E-state index < -0.39 is 10.0 Å². The highest BCUT2D eigenvalue weighted by atomic mass is 79.9. The van der Waals surface area contributed by atoms with Crippen molar-refractivity contribution in [3.63, 3.8) is 0 Å². The summed E-state index contributed by atoms with van der Waals surface area (Å²) in [7, 11) is -2.09. The lowest BCUT2D eigenvalue weighted by atomic mass is 10.2. The van der Waals surface area contributed by atoms with E-state index in [0.717, 1.165) is 30.2 Å². The summed E-state index contributed by atoms with van der Waals surface area (Å²) in [6.07, 6.45) is 4.18. The van der Waals surface area contributed by atoms with E-state index in [9.17, 15) is 13.2 Å². The summed E-state index contributed by atoms with van der Waals surface area (Å²) in [5, 5.41) is 0. The summed E-state index contributed by atoms with van der Waals surface area (Å²) >= 11 is 3.39. The second-order valence-electron chi connectivity index (χ2n) is 6.75. The lowest BCUT2D eigenvalue weighted by molar-refractivity contribution is -0.130. The zero-order chi connectivity index (χ0) is 19.4. The largest absolute Gasteiger partial charge is 0.341 e. The predicted octanol–water partition coefficient (Wildman–Crippen LogP) is 4.05. The summed E-state index contributed by atoms with van der Waals surface area (Å²) in [6, 6.07) is 15.4. The number of carbonyl (C=O) groups is 1. The molecule has 1 aliphatic carbocycles. The smallest absolute Gasteiger partial charge is 0.264 e. The van der Waals surface area contributed by atoms with E-state index in [2.05, 4.69) is 15.9 Å². The lowest BCUT2D eigenvalue weighted by Gasteiger charge is -2.29. The van der Waals surface area contributed by atoms with Crippen LogP contribution in [-0.4, -0.2) is 38.9 Å². The number of sulfonamides is 1. The number of carbonyl (C=O) groups excluding carboxylic acids is 1. The van der Waals surface area contributed by atoms with Gasteiger partial charge >= 0.3 is 0 Å². The summed E-state index contributed by atoms with van der Waals surface area (Å²) in [5.74, 6) is -0.193. The van der Waals surface area contributed by atoms with Gasteiger partial charge in [-0.3, -0.25) is 9.10 Å². The van der Waals surface area contributed by atoms with Gasteiger partial charge in [-0.15, -0.1) is 0 Å². The van der Waals surface area contributed by atoms with E-state index in [1.165, 1.54) is 4.31 Å². The van der Waals surface area contributed by atoms with Crippen LogP contribution in [0.1, 0.15) is 25.7 Å². The molecule has 0 aromatic heterocycles. The number of halogens is 1. The fraction of sp³-hybridized carbons (Fsp3) is 0.350. The van der Waals surface area contributed by atoms with Gasteiger partial charge in [-0.05, 0) is 43.2 Å². The van der Waals surface area contributed by atoms with Crippen LogP contribution in [0.4, 0.5) is 5.69 Å². The maximum atomic E-state index is 13.3. The van der Waals surface area contributed by atoms with Crippen LogP contribution in [0.3, 0.4) is 0 Å². The molecule has 0 atom stereocenters. The van der Waals surface area contributed by atoms with E-state index in [4.69, 9.17) is 0 Å². The van der Waals surface area contributed by atoms with Crippen molar-refractivity contribution in [1.82, 2.24) is 4.90 Å². The third kappa shape index (κ3) is 4.52. The fourth-order valence-electron chi connectivity index (χ4n) is 3.40. The third-order valence-electron chi connectivity index (χ3n) is 4.97. The van der Waals surface area contributed by atoms with Crippen molar-refractivity contribution in [2.45, 2.75) is 36.6 Å². The van der Waals surface area contributed by atoms with Gasteiger partial charge < -0.3 is 4.90 Å². The summed E-state index contributed by atoms with van der Waals surface area (Å²) in [5.41, 5.74) is 0.460. The van der Waals surface area contributed by atoms with Gasteiger partial charge in [0.1, 0.15) is 6.54 Å². The average Bonchev–Trinajstić information content (AvgIpc) is 3.20. The van der Waals surface area contributed by atoms with Crippen LogP contribution in [0.15, 0.2) is 64.0 Å². The molecule has 0 spiro atoms. The molecule has 2 aromatic carbocycles. The zero-order valence-corrected chi connectivity index (χ0v) is 17.6. The zero-order valence-electron chi connectivity index (χ0n) is 15.2. The van der Waals surface area contributed by atoms with Gasteiger partial charge in [-0.25, -0.2) is 8.42 Å². The first kappa shape index (κ1) is 19.9. The van der Waals surface area contributed by atoms with Crippen molar-refractivity contribution in [2.75, 3.05) is 17.9 Å². The maximum absolute atomic E-state index is 13.3. The van der Waals surface area contributed by atoms with E-state index in [0.29, 0.717) is 5.69 Å². The van der Waals surface area contributed by atoms with Gasteiger partial charge in [-0.1, -0.05) is 53.0 Å². The van der Waals surface area contributed by atoms with Crippen LogP contribution in [0, 0.1) is 0 Å². The summed E-state index contributed by atoms with van der Waals surface area (Å²) in [6.45, 7) is -0.222. The number of likely N-dealkylation sites (N-methyl/N-ethyl adjacent to an activating group) is 1. The highest BCUT2D eigenvalue weighted by Crippen LogP contribution is 2.27. The van der Waals surface area contributed by atoms with Crippen molar-refractivity contribution in [2.24, 2.45) is 0 Å². The first-order valence-electron chi connectivity index (χ1n) is 8.98. The van der Waals surface area contributed by atoms with Gasteiger partial charge in [0.15, 0.2) is 0 Å². The molecule has 0 bridgehead atoms. The second-order valence-corrected chi connectivity index (χ2v) is 9.53. The van der Waals surface area contributed by atoms with Crippen LogP contribution in [0.5, 0.6) is 0 Å². The lowest BCUT2D eigenvalue weighted by Crippen LogP contribution is -2.44. The first-order chi connectivity index (χ1) is 12.9. The van der Waals surface area contributed by atoms with E-state index in [-0.39, 0.29) is 23.4 Å². The molecule has 0 saturated heterocycles. The van der Waals surface area contributed by atoms with Gasteiger partial charge in [-0.2, -0.15) is 0 Å². The molecule has 0 N–H and O–H groups in total. The number of hydrogen-bond acceptors (Lipinski definition) is 3. The Morgan fingerprint density at radius 2 is 1.74 bits per heavy atom. The minimum absolute atomic E-state index is 0.168. The number of hydrogen-bond donors (Lipinski definition) is 0. The Bertz CT molecular complexity index is 896. The molecule has 1 aliphatic rings. The quantitative estimate of drug-likeness (QED) is 0.666. The Kier molecular flexibility index (Phi) is 6.22. The van der Waals surface area contributed by atoms with Gasteiger partial charge in [0.2, 0.25) is 5.91 Å². The minimum Gasteiger partial charge on any atom is -0.341 e. The number of amides is 1. The standard InChI is InChI=1S/C20H23BrN2O3S/c1-22(17-9-5-6-10-17)20(24)15-23(18-11-7-8-16(21)14-18)27(25,26)19-12-3-2-4-13-19/h2-4,7-8,11-14,17H,5-6,9-10,15H2,1H3. The molecule has 0 aliphatic heterocycles. The highest BCUT2D eigenvalue weighted by Gasteiger charge is 2.30. The highest BCUT2D eigenvalue weighted by molar-refractivity contribution is 9.10. The van der Waals surface area contributed by atoms with Gasteiger partial charge in [0, 0.05) is 17.6 Å².